The van der Waals surface area contributed by atoms with Crippen molar-refractivity contribution in [1.29, 1.82) is 0 Å². The summed E-state index contributed by atoms with van der Waals surface area (Å²) in [7, 11) is 2.81. The van der Waals surface area contributed by atoms with Gasteiger partial charge < -0.3 is 24.7 Å². The van der Waals surface area contributed by atoms with E-state index in [-0.39, 0.29) is 18.4 Å². The second-order valence-corrected chi connectivity index (χ2v) is 7.88. The van der Waals surface area contributed by atoms with Crippen LogP contribution in [0.3, 0.4) is 0 Å². The van der Waals surface area contributed by atoms with Crippen LogP contribution in [-0.4, -0.2) is 47.6 Å². The second-order valence-electron chi connectivity index (χ2n) is 7.88. The molecule has 0 fully saturated rings. The summed E-state index contributed by atoms with van der Waals surface area (Å²) in [4.78, 5) is 35.2. The molecule has 1 heterocycles. The van der Waals surface area contributed by atoms with E-state index in [9.17, 15) is 9.59 Å². The maximum absolute atomic E-state index is 13.8. The zero-order valence-corrected chi connectivity index (χ0v) is 19.7. The van der Waals surface area contributed by atoms with Crippen molar-refractivity contribution in [2.24, 2.45) is 5.92 Å². The third kappa shape index (κ3) is 6.25. The van der Waals surface area contributed by atoms with Crippen LogP contribution in [0, 0.1) is 5.92 Å². The Balaban J connectivity index is 1.90. The number of H-pyrrole nitrogens is 1. The fraction of sp³-hybridized carbons (Fsp3) is 0.269. The number of benzene rings is 2. The van der Waals surface area contributed by atoms with E-state index in [2.05, 4.69) is 21.9 Å². The molecule has 2 N–H and O–H groups in total. The molecule has 3 aromatic rings. The van der Waals surface area contributed by atoms with Crippen molar-refractivity contribution in [3.63, 3.8) is 0 Å². The van der Waals surface area contributed by atoms with Crippen LogP contribution in [0.15, 0.2) is 79.2 Å². The quantitative estimate of drug-likeness (QED) is 0.438. The van der Waals surface area contributed by atoms with Crippen molar-refractivity contribution in [2.45, 2.75) is 19.5 Å². The largest absolute Gasteiger partial charge is 0.501 e. The number of carbonyl (C=O) groups is 2. The predicted octanol–water partition coefficient (Wildman–Crippen LogP) is 4.30. The Morgan fingerprint density at radius 3 is 2.32 bits per heavy atom. The average molecular weight is 463 g/mol. The number of nitrogens with one attached hydrogen (secondary N) is 2. The Hall–Kier alpha value is -4.07. The average Bonchev–Trinajstić information content (AvgIpc) is 3.35. The van der Waals surface area contributed by atoms with Crippen LogP contribution in [0.1, 0.15) is 24.4 Å². The summed E-state index contributed by atoms with van der Waals surface area (Å²) in [5, 5.41) is 2.66. The van der Waals surface area contributed by atoms with Crippen LogP contribution in [0.5, 0.6) is 0 Å². The van der Waals surface area contributed by atoms with Crippen LogP contribution in [0.2, 0.25) is 0 Å². The van der Waals surface area contributed by atoms with Crippen molar-refractivity contribution >= 4 is 12.0 Å². The number of aromatic amines is 1. The summed E-state index contributed by atoms with van der Waals surface area (Å²) in [6, 6.07) is 17.9. The highest BCUT2D eigenvalue weighted by molar-refractivity contribution is 5.87. The Morgan fingerprint density at radius 2 is 1.71 bits per heavy atom. The molecule has 0 aliphatic carbocycles. The number of carbonyl (C=O) groups excluding carboxylic acids is 2. The number of hydrogen-bond acceptors (Lipinski definition) is 5. The van der Waals surface area contributed by atoms with E-state index >= 15 is 0 Å². The predicted molar refractivity (Wildman–Crippen MR) is 129 cm³/mol. The number of alkyl carbamates (subject to hydrolysis) is 1. The third-order valence-corrected chi connectivity index (χ3v) is 5.50. The van der Waals surface area contributed by atoms with Gasteiger partial charge in [-0.05, 0) is 11.1 Å². The lowest BCUT2D eigenvalue weighted by atomic mass is 10.0. The SMILES string of the molecule is C=C(OC)C(C)CN(Cc1ncc(-c2ccccc2)[nH]1)C(=O)C(NC(=O)OC)c1ccccc1. The molecule has 0 bridgehead atoms. The monoisotopic (exact) mass is 462 g/mol. The maximum atomic E-state index is 13.8. The first-order valence-electron chi connectivity index (χ1n) is 10.9. The normalized spacial score (nSPS) is 12.3. The Morgan fingerprint density at radius 1 is 1.06 bits per heavy atom. The Bertz CT molecular complexity index is 1100. The molecule has 8 nitrogen and oxygen atoms in total. The minimum absolute atomic E-state index is 0.146. The van der Waals surface area contributed by atoms with Crippen LogP contribution in [-0.2, 0) is 20.8 Å². The molecule has 178 valence electrons. The van der Waals surface area contributed by atoms with Crippen LogP contribution in [0.4, 0.5) is 4.79 Å². The lowest BCUT2D eigenvalue weighted by Gasteiger charge is -2.29. The topological polar surface area (TPSA) is 96.5 Å². The van der Waals surface area contributed by atoms with Gasteiger partial charge >= 0.3 is 6.09 Å². The smallest absolute Gasteiger partial charge is 0.407 e. The molecule has 34 heavy (non-hydrogen) atoms. The molecule has 8 heteroatoms. The number of imidazole rings is 1. The van der Waals surface area contributed by atoms with Crippen molar-refractivity contribution < 1.29 is 19.1 Å². The van der Waals surface area contributed by atoms with Gasteiger partial charge in [-0.25, -0.2) is 9.78 Å². The highest BCUT2D eigenvalue weighted by atomic mass is 16.5. The molecule has 0 spiro atoms. The third-order valence-electron chi connectivity index (χ3n) is 5.50. The fourth-order valence-electron chi connectivity index (χ4n) is 3.55. The van der Waals surface area contributed by atoms with E-state index in [1.165, 1.54) is 7.11 Å². The standard InChI is InChI=1S/C26H30N4O4/c1-18(19(2)33-3)16-30(17-23-27-15-22(28-23)20-11-7-5-8-12-20)25(31)24(29-26(32)34-4)21-13-9-6-10-14-21/h5-15,18,24H,2,16-17H2,1,3-4H3,(H,27,28)(H,29,32). The van der Waals surface area contributed by atoms with Gasteiger partial charge in [0.25, 0.3) is 0 Å². The summed E-state index contributed by atoms with van der Waals surface area (Å²) < 4.78 is 10.1. The van der Waals surface area contributed by atoms with E-state index in [1.54, 1.807) is 30.3 Å². The summed E-state index contributed by atoms with van der Waals surface area (Å²) in [5.41, 5.74) is 2.49. The molecular weight excluding hydrogens is 432 g/mol. The highest BCUT2D eigenvalue weighted by Crippen LogP contribution is 2.22. The first kappa shape index (κ1) is 24.6. The molecule has 0 aliphatic heterocycles. The molecule has 0 radical (unpaired) electrons. The first-order valence-corrected chi connectivity index (χ1v) is 10.9. The van der Waals surface area contributed by atoms with Crippen LogP contribution >= 0.6 is 0 Å². The molecule has 3 rings (SSSR count). The number of hydrogen-bond donors (Lipinski definition) is 2. The maximum Gasteiger partial charge on any atom is 0.407 e. The molecule has 2 atom stereocenters. The molecule has 2 unspecified atom stereocenters. The zero-order valence-electron chi connectivity index (χ0n) is 19.7. The first-order chi connectivity index (χ1) is 16.4. The van der Waals surface area contributed by atoms with Gasteiger partial charge in [-0.2, -0.15) is 0 Å². The molecule has 0 saturated carbocycles. The molecule has 1 aromatic heterocycles. The number of nitrogens with zero attached hydrogens (tertiary/aromatic N) is 2. The van der Waals surface area contributed by atoms with E-state index in [1.807, 2.05) is 55.5 Å². The van der Waals surface area contributed by atoms with Crippen molar-refractivity contribution in [3.8, 4) is 11.3 Å². The van der Waals surface area contributed by atoms with E-state index in [0.717, 1.165) is 11.3 Å². The van der Waals surface area contributed by atoms with Gasteiger partial charge in [-0.1, -0.05) is 74.2 Å². The lowest BCUT2D eigenvalue weighted by molar-refractivity contribution is -0.134. The van der Waals surface area contributed by atoms with Gasteiger partial charge in [0.2, 0.25) is 5.91 Å². The van der Waals surface area contributed by atoms with E-state index in [4.69, 9.17) is 9.47 Å². The van der Waals surface area contributed by atoms with Gasteiger partial charge in [-0.3, -0.25) is 4.79 Å². The van der Waals surface area contributed by atoms with Crippen molar-refractivity contribution in [3.05, 3.63) is 90.6 Å². The number of amides is 2. The zero-order chi connectivity index (χ0) is 24.5. The number of methoxy groups -OCH3 is 2. The lowest BCUT2D eigenvalue weighted by Crippen LogP contribution is -2.44. The van der Waals surface area contributed by atoms with Gasteiger partial charge in [-0.15, -0.1) is 0 Å². The molecule has 2 aromatic carbocycles. The van der Waals surface area contributed by atoms with E-state index < -0.39 is 12.1 Å². The fourth-order valence-corrected chi connectivity index (χ4v) is 3.55. The highest BCUT2D eigenvalue weighted by Gasteiger charge is 2.30. The van der Waals surface area contributed by atoms with Crippen molar-refractivity contribution in [1.82, 2.24) is 20.2 Å². The summed E-state index contributed by atoms with van der Waals surface area (Å²) >= 11 is 0. The number of rotatable bonds is 10. The van der Waals surface area contributed by atoms with Crippen LogP contribution < -0.4 is 5.32 Å². The Kier molecular flexibility index (Phi) is 8.45. The van der Waals surface area contributed by atoms with Gasteiger partial charge in [0, 0.05) is 12.5 Å². The minimum Gasteiger partial charge on any atom is -0.501 e. The van der Waals surface area contributed by atoms with Gasteiger partial charge in [0.05, 0.1) is 38.4 Å². The summed E-state index contributed by atoms with van der Waals surface area (Å²) in [5.74, 6) is 0.726. The summed E-state index contributed by atoms with van der Waals surface area (Å²) in [6.45, 7) is 6.38. The van der Waals surface area contributed by atoms with Gasteiger partial charge in [0.1, 0.15) is 11.9 Å². The molecule has 2 amide bonds. The molecule has 0 saturated heterocycles. The van der Waals surface area contributed by atoms with Crippen molar-refractivity contribution in [2.75, 3.05) is 20.8 Å². The second kappa shape index (κ2) is 11.7. The number of aromatic nitrogens is 2. The van der Waals surface area contributed by atoms with E-state index in [0.29, 0.717) is 23.7 Å². The minimum atomic E-state index is -0.930. The number of ether oxygens (including phenoxy) is 2. The van der Waals surface area contributed by atoms with Gasteiger partial charge in [0.15, 0.2) is 0 Å². The molecular formula is C26H30N4O4. The molecule has 0 aliphatic rings. The summed E-state index contributed by atoms with van der Waals surface area (Å²) in [6.07, 6.45) is 1.05. The van der Waals surface area contributed by atoms with Crippen LogP contribution in [0.25, 0.3) is 11.3 Å². The Labute approximate surface area is 199 Å².